The number of nitrogens with zero attached hydrogens (tertiary/aromatic N) is 4. The number of nitrogens with one attached hydrogen (secondary N) is 1. The van der Waals surface area contributed by atoms with Crippen LogP contribution in [-0.2, 0) is 0 Å². The summed E-state index contributed by atoms with van der Waals surface area (Å²) in [6.45, 7) is 0. The largest absolute Gasteiger partial charge is 0.304 e. The predicted octanol–water partition coefficient (Wildman–Crippen LogP) is 3.54. The fourth-order valence-electron chi connectivity index (χ4n) is 2.52. The summed E-state index contributed by atoms with van der Waals surface area (Å²) >= 11 is 1.54. The molecule has 1 aromatic heterocycles. The van der Waals surface area contributed by atoms with Crippen LogP contribution in [0.4, 0.5) is 5.69 Å². The second-order valence-electron chi connectivity index (χ2n) is 5.39. The molecule has 0 saturated carbocycles. The summed E-state index contributed by atoms with van der Waals surface area (Å²) in [6, 6.07) is 16.4. The van der Waals surface area contributed by atoms with Crippen molar-refractivity contribution in [3.05, 3.63) is 76.4 Å². The lowest BCUT2D eigenvalue weighted by atomic mass is 10.2. The highest BCUT2D eigenvalue weighted by atomic mass is 32.2. The molecular weight excluding hydrogens is 338 g/mol. The van der Waals surface area contributed by atoms with E-state index in [4.69, 9.17) is 0 Å². The zero-order valence-electron chi connectivity index (χ0n) is 12.9. The van der Waals surface area contributed by atoms with Crippen molar-refractivity contribution in [2.75, 3.05) is 5.43 Å². The average molecular weight is 351 g/mol. The number of aromatic nitrogens is 3. The van der Waals surface area contributed by atoms with Crippen LogP contribution in [0.2, 0.25) is 0 Å². The zero-order chi connectivity index (χ0) is 17.2. The number of benzene rings is 2. The molecule has 3 aromatic rings. The number of non-ortho nitro benzene ring substituents is 1. The Labute approximate surface area is 147 Å². The highest BCUT2D eigenvalue weighted by Crippen LogP contribution is 2.32. The molecule has 1 aliphatic rings. The molecule has 1 unspecified atom stereocenters. The first-order chi connectivity index (χ1) is 12.2. The van der Waals surface area contributed by atoms with Crippen molar-refractivity contribution in [2.45, 2.75) is 10.5 Å². The number of nitro groups is 1. The SMILES string of the molecule is O=[N+]([O-])c1cccc(-c2nnc3n2NC(/C=C/c2ccccc2)S3)c1. The fourth-order valence-corrected chi connectivity index (χ4v) is 3.40. The highest BCUT2D eigenvalue weighted by Gasteiger charge is 2.25. The monoisotopic (exact) mass is 351 g/mol. The number of rotatable bonds is 4. The Morgan fingerprint density at radius 1 is 1.16 bits per heavy atom. The van der Waals surface area contributed by atoms with E-state index in [1.54, 1.807) is 16.8 Å². The summed E-state index contributed by atoms with van der Waals surface area (Å²) in [6.07, 6.45) is 4.09. The van der Waals surface area contributed by atoms with E-state index in [1.807, 2.05) is 42.5 Å². The quantitative estimate of drug-likeness (QED) is 0.571. The van der Waals surface area contributed by atoms with E-state index >= 15 is 0 Å². The summed E-state index contributed by atoms with van der Waals surface area (Å²) in [7, 11) is 0. The lowest BCUT2D eigenvalue weighted by Crippen LogP contribution is -2.17. The molecule has 2 aromatic carbocycles. The smallest absolute Gasteiger partial charge is 0.270 e. The number of fused-ring (bicyclic) bond motifs is 1. The highest BCUT2D eigenvalue weighted by molar-refractivity contribution is 8.00. The van der Waals surface area contributed by atoms with Crippen LogP contribution in [0.5, 0.6) is 0 Å². The van der Waals surface area contributed by atoms with Gasteiger partial charge in [-0.1, -0.05) is 60.3 Å². The van der Waals surface area contributed by atoms with Crippen LogP contribution >= 0.6 is 11.8 Å². The number of hydrogen-bond donors (Lipinski definition) is 1. The number of thioether (sulfide) groups is 1. The van der Waals surface area contributed by atoms with E-state index in [2.05, 4.69) is 15.6 Å². The van der Waals surface area contributed by atoms with Gasteiger partial charge in [0, 0.05) is 17.7 Å². The van der Waals surface area contributed by atoms with Crippen molar-refractivity contribution in [3.63, 3.8) is 0 Å². The van der Waals surface area contributed by atoms with Gasteiger partial charge in [-0.25, -0.2) is 4.68 Å². The van der Waals surface area contributed by atoms with Crippen molar-refractivity contribution in [1.82, 2.24) is 14.9 Å². The predicted molar refractivity (Wildman–Crippen MR) is 96.6 cm³/mol. The van der Waals surface area contributed by atoms with E-state index in [1.165, 1.54) is 23.9 Å². The first-order valence-electron chi connectivity index (χ1n) is 7.57. The van der Waals surface area contributed by atoms with Crippen LogP contribution < -0.4 is 5.43 Å². The summed E-state index contributed by atoms with van der Waals surface area (Å²) in [5.74, 6) is 0.557. The van der Waals surface area contributed by atoms with E-state index in [0.29, 0.717) is 11.4 Å². The Kier molecular flexibility index (Phi) is 3.95. The van der Waals surface area contributed by atoms with Crippen LogP contribution in [0.3, 0.4) is 0 Å². The average Bonchev–Trinajstić information content (AvgIpc) is 3.21. The Balaban J connectivity index is 1.57. The van der Waals surface area contributed by atoms with Crippen molar-refractivity contribution < 1.29 is 4.92 Å². The molecule has 1 atom stereocenters. The maximum atomic E-state index is 11.0. The molecule has 0 spiro atoms. The van der Waals surface area contributed by atoms with Gasteiger partial charge in [0.05, 0.1) is 4.92 Å². The van der Waals surface area contributed by atoms with Crippen molar-refractivity contribution in [1.29, 1.82) is 0 Å². The van der Waals surface area contributed by atoms with Gasteiger partial charge in [0.2, 0.25) is 5.16 Å². The summed E-state index contributed by atoms with van der Waals surface area (Å²) in [5, 5.41) is 20.0. The van der Waals surface area contributed by atoms with Gasteiger partial charge in [-0.3, -0.25) is 10.1 Å². The number of nitro benzene ring substituents is 1. The summed E-state index contributed by atoms with van der Waals surface area (Å²) < 4.78 is 1.77. The zero-order valence-corrected chi connectivity index (χ0v) is 13.8. The van der Waals surface area contributed by atoms with E-state index in [-0.39, 0.29) is 11.1 Å². The van der Waals surface area contributed by atoms with E-state index < -0.39 is 4.92 Å². The molecule has 1 aliphatic heterocycles. The van der Waals surface area contributed by atoms with Crippen LogP contribution in [0, 0.1) is 10.1 Å². The molecular formula is C17H13N5O2S. The fraction of sp³-hybridized carbons (Fsp3) is 0.0588. The molecule has 0 aliphatic carbocycles. The molecule has 0 fully saturated rings. The maximum Gasteiger partial charge on any atom is 0.270 e. The molecule has 7 nitrogen and oxygen atoms in total. The summed E-state index contributed by atoms with van der Waals surface area (Å²) in [5.41, 5.74) is 5.09. The van der Waals surface area contributed by atoms with Gasteiger partial charge in [0.25, 0.3) is 5.69 Å². The Morgan fingerprint density at radius 2 is 2.00 bits per heavy atom. The van der Waals surface area contributed by atoms with Gasteiger partial charge in [0.15, 0.2) is 5.82 Å². The molecule has 0 saturated heterocycles. The molecule has 0 radical (unpaired) electrons. The van der Waals surface area contributed by atoms with Crippen molar-refractivity contribution >= 4 is 23.5 Å². The first kappa shape index (κ1) is 15.4. The van der Waals surface area contributed by atoms with Gasteiger partial charge in [0.1, 0.15) is 5.37 Å². The van der Waals surface area contributed by atoms with Crippen LogP contribution in [0.15, 0.2) is 65.8 Å². The van der Waals surface area contributed by atoms with Gasteiger partial charge >= 0.3 is 0 Å². The lowest BCUT2D eigenvalue weighted by Gasteiger charge is -2.08. The van der Waals surface area contributed by atoms with Crippen molar-refractivity contribution in [3.8, 4) is 11.4 Å². The van der Waals surface area contributed by atoms with Gasteiger partial charge in [-0.2, -0.15) is 0 Å². The third kappa shape index (κ3) is 3.11. The van der Waals surface area contributed by atoms with Gasteiger partial charge in [-0.15, -0.1) is 10.2 Å². The standard InChI is InChI=1S/C17H13N5O2S/c23-22(24)14-8-4-7-13(11-14)16-18-19-17-21(16)20-15(25-17)10-9-12-5-2-1-3-6-12/h1-11,15,20H/b10-9+. The van der Waals surface area contributed by atoms with Crippen LogP contribution in [0.25, 0.3) is 17.5 Å². The van der Waals surface area contributed by atoms with Crippen LogP contribution in [-0.4, -0.2) is 25.2 Å². The van der Waals surface area contributed by atoms with E-state index in [9.17, 15) is 10.1 Å². The Bertz CT molecular complexity index is 955. The molecule has 4 rings (SSSR count). The number of hydrogen-bond acceptors (Lipinski definition) is 6. The maximum absolute atomic E-state index is 11.0. The van der Waals surface area contributed by atoms with Crippen LogP contribution in [0.1, 0.15) is 5.56 Å². The third-order valence-electron chi connectivity index (χ3n) is 3.70. The molecule has 1 N–H and O–H groups in total. The Hall–Kier alpha value is -3.13. The summed E-state index contributed by atoms with van der Waals surface area (Å²) in [4.78, 5) is 10.5. The molecule has 0 bridgehead atoms. The van der Waals surface area contributed by atoms with E-state index in [0.717, 1.165) is 10.7 Å². The normalized spacial score (nSPS) is 15.9. The first-order valence-corrected chi connectivity index (χ1v) is 8.45. The molecule has 2 heterocycles. The molecule has 0 amide bonds. The third-order valence-corrected chi connectivity index (χ3v) is 4.69. The minimum Gasteiger partial charge on any atom is -0.304 e. The molecule has 25 heavy (non-hydrogen) atoms. The molecule has 8 heteroatoms. The van der Waals surface area contributed by atoms with Crippen molar-refractivity contribution in [2.24, 2.45) is 0 Å². The topological polar surface area (TPSA) is 85.9 Å². The van der Waals surface area contributed by atoms with Gasteiger partial charge < -0.3 is 5.43 Å². The Morgan fingerprint density at radius 3 is 2.80 bits per heavy atom. The second-order valence-corrected chi connectivity index (χ2v) is 6.50. The minimum absolute atomic E-state index is 0.0168. The van der Waals surface area contributed by atoms with Gasteiger partial charge in [-0.05, 0) is 11.6 Å². The lowest BCUT2D eigenvalue weighted by molar-refractivity contribution is -0.384. The second kappa shape index (κ2) is 6.40. The molecule has 124 valence electrons. The minimum atomic E-state index is -0.418.